The largest absolute Gasteiger partial charge is 0.495 e. The molecule has 30 heavy (non-hydrogen) atoms. The first-order chi connectivity index (χ1) is 14.2. The molecule has 0 saturated heterocycles. The van der Waals surface area contributed by atoms with Gasteiger partial charge < -0.3 is 14.6 Å². The third-order valence-corrected chi connectivity index (χ3v) is 4.52. The summed E-state index contributed by atoms with van der Waals surface area (Å²) >= 11 is 5.94. The van der Waals surface area contributed by atoms with Crippen molar-refractivity contribution < 1.29 is 22.7 Å². The molecule has 0 fully saturated rings. The number of carbonyl (C=O) groups excluding carboxylic acids is 1. The summed E-state index contributed by atoms with van der Waals surface area (Å²) in [6.07, 6.45) is -3.09. The molecule has 0 radical (unpaired) electrons. The lowest BCUT2D eigenvalue weighted by molar-refractivity contribution is -0.137. The van der Waals surface area contributed by atoms with Crippen molar-refractivity contribution in [3.8, 4) is 5.75 Å². The second-order valence-corrected chi connectivity index (χ2v) is 6.79. The SMILES string of the molecule is COc1ccc(Cl)cc1NC(=O)c1cccn(Cc2cccc(C(F)(F)F)c2)c1=O. The van der Waals surface area contributed by atoms with Crippen LogP contribution in [0.4, 0.5) is 18.9 Å². The number of pyridine rings is 1. The molecule has 0 saturated carbocycles. The number of carbonyl (C=O) groups is 1. The molecule has 1 heterocycles. The summed E-state index contributed by atoms with van der Waals surface area (Å²) in [7, 11) is 1.42. The monoisotopic (exact) mass is 436 g/mol. The molecule has 1 aromatic heterocycles. The first-order valence-electron chi connectivity index (χ1n) is 8.69. The van der Waals surface area contributed by atoms with Gasteiger partial charge in [-0.05, 0) is 48.0 Å². The van der Waals surface area contributed by atoms with Crippen molar-refractivity contribution >= 4 is 23.2 Å². The number of amides is 1. The number of ether oxygens (including phenoxy) is 1. The standard InChI is InChI=1S/C21H16ClF3N2O3/c1-30-18-8-7-15(22)11-17(18)26-19(28)16-6-3-9-27(20(16)29)12-13-4-2-5-14(10-13)21(23,24)25/h2-11H,12H2,1H3,(H,26,28). The lowest BCUT2D eigenvalue weighted by Crippen LogP contribution is -2.29. The highest BCUT2D eigenvalue weighted by Gasteiger charge is 2.30. The fraction of sp³-hybridized carbons (Fsp3) is 0.143. The van der Waals surface area contributed by atoms with Crippen LogP contribution in [0.1, 0.15) is 21.5 Å². The third-order valence-electron chi connectivity index (χ3n) is 4.28. The van der Waals surface area contributed by atoms with Gasteiger partial charge in [0.1, 0.15) is 11.3 Å². The van der Waals surface area contributed by atoms with Gasteiger partial charge in [0.05, 0.1) is 24.9 Å². The van der Waals surface area contributed by atoms with Crippen LogP contribution < -0.4 is 15.6 Å². The lowest BCUT2D eigenvalue weighted by Gasteiger charge is -2.12. The number of alkyl halides is 3. The predicted octanol–water partition coefficient (Wildman–Crippen LogP) is 4.83. The Morgan fingerprint density at radius 2 is 1.90 bits per heavy atom. The maximum atomic E-state index is 12.9. The fourth-order valence-electron chi connectivity index (χ4n) is 2.84. The fourth-order valence-corrected chi connectivity index (χ4v) is 3.02. The predicted molar refractivity (Wildman–Crippen MR) is 107 cm³/mol. The van der Waals surface area contributed by atoms with Gasteiger partial charge in [-0.3, -0.25) is 9.59 Å². The molecule has 1 amide bonds. The summed E-state index contributed by atoms with van der Waals surface area (Å²) in [5.74, 6) is -0.341. The molecule has 5 nitrogen and oxygen atoms in total. The van der Waals surface area contributed by atoms with Crippen molar-refractivity contribution in [1.29, 1.82) is 0 Å². The van der Waals surface area contributed by atoms with Gasteiger partial charge in [-0.25, -0.2) is 0 Å². The highest BCUT2D eigenvalue weighted by molar-refractivity contribution is 6.31. The zero-order valence-electron chi connectivity index (χ0n) is 15.7. The average molecular weight is 437 g/mol. The van der Waals surface area contributed by atoms with Crippen LogP contribution in [-0.2, 0) is 12.7 Å². The first-order valence-corrected chi connectivity index (χ1v) is 9.07. The number of hydrogen-bond acceptors (Lipinski definition) is 3. The molecule has 9 heteroatoms. The summed E-state index contributed by atoms with van der Waals surface area (Å²) < 4.78 is 45.1. The van der Waals surface area contributed by atoms with Gasteiger partial charge in [-0.15, -0.1) is 0 Å². The van der Waals surface area contributed by atoms with E-state index in [0.717, 1.165) is 12.1 Å². The molecular formula is C21H16ClF3N2O3. The van der Waals surface area contributed by atoms with E-state index >= 15 is 0 Å². The van der Waals surface area contributed by atoms with E-state index in [1.807, 2.05) is 0 Å². The van der Waals surface area contributed by atoms with E-state index < -0.39 is 23.2 Å². The van der Waals surface area contributed by atoms with Gasteiger partial charge in [-0.2, -0.15) is 13.2 Å². The van der Waals surface area contributed by atoms with Gasteiger partial charge in [0.2, 0.25) is 0 Å². The van der Waals surface area contributed by atoms with Gasteiger partial charge in [0.15, 0.2) is 0 Å². The summed E-state index contributed by atoms with van der Waals surface area (Å²) in [6.45, 7) is -0.121. The van der Waals surface area contributed by atoms with Crippen LogP contribution in [0.5, 0.6) is 5.75 Å². The highest BCUT2D eigenvalue weighted by atomic mass is 35.5. The Hall–Kier alpha value is -3.26. The van der Waals surface area contributed by atoms with Crippen molar-refractivity contribution in [1.82, 2.24) is 4.57 Å². The lowest BCUT2D eigenvalue weighted by atomic mass is 10.1. The summed E-state index contributed by atoms with van der Waals surface area (Å²) in [6, 6.07) is 12.1. The zero-order valence-corrected chi connectivity index (χ0v) is 16.4. The number of halogens is 4. The molecule has 0 unspecified atom stereocenters. The Morgan fingerprint density at radius 1 is 1.13 bits per heavy atom. The van der Waals surface area contributed by atoms with Crippen molar-refractivity contribution in [2.45, 2.75) is 12.7 Å². The number of rotatable bonds is 5. The molecule has 3 aromatic rings. The quantitative estimate of drug-likeness (QED) is 0.623. The molecule has 0 spiro atoms. The molecule has 0 bridgehead atoms. The maximum absolute atomic E-state index is 12.9. The van der Waals surface area contributed by atoms with E-state index in [2.05, 4.69) is 5.32 Å². The maximum Gasteiger partial charge on any atom is 0.416 e. The zero-order chi connectivity index (χ0) is 21.9. The van der Waals surface area contributed by atoms with Gasteiger partial charge in [0, 0.05) is 11.2 Å². The van der Waals surface area contributed by atoms with Crippen LogP contribution in [0, 0.1) is 0 Å². The molecule has 0 aliphatic carbocycles. The number of nitrogens with zero attached hydrogens (tertiary/aromatic N) is 1. The second-order valence-electron chi connectivity index (χ2n) is 6.35. The first kappa shape index (κ1) is 21.4. The minimum absolute atomic E-state index is 0.121. The van der Waals surface area contributed by atoms with E-state index in [0.29, 0.717) is 10.8 Å². The van der Waals surface area contributed by atoms with Crippen LogP contribution in [0.3, 0.4) is 0 Å². The van der Waals surface area contributed by atoms with Crippen molar-refractivity contribution in [2.75, 3.05) is 12.4 Å². The minimum atomic E-state index is -4.49. The number of methoxy groups -OCH3 is 1. The normalized spacial score (nSPS) is 11.2. The summed E-state index contributed by atoms with van der Waals surface area (Å²) in [5, 5.41) is 2.93. The molecule has 2 aromatic carbocycles. The molecule has 156 valence electrons. The molecule has 0 atom stereocenters. The number of anilines is 1. The molecule has 0 aliphatic heterocycles. The Kier molecular flexibility index (Phi) is 6.17. The van der Waals surface area contributed by atoms with Crippen LogP contribution >= 0.6 is 11.6 Å². The van der Waals surface area contributed by atoms with Gasteiger partial charge in [-0.1, -0.05) is 23.7 Å². The minimum Gasteiger partial charge on any atom is -0.495 e. The Labute approximate surface area is 174 Å². The van der Waals surface area contributed by atoms with E-state index in [1.54, 1.807) is 12.1 Å². The number of nitrogens with one attached hydrogen (secondary N) is 1. The Morgan fingerprint density at radius 3 is 2.60 bits per heavy atom. The van der Waals surface area contributed by atoms with E-state index in [-0.39, 0.29) is 23.4 Å². The Balaban J connectivity index is 1.88. The Bertz CT molecular complexity index is 1140. The summed E-state index contributed by atoms with van der Waals surface area (Å²) in [5.41, 5.74) is -1.07. The third kappa shape index (κ3) is 4.83. The number of benzene rings is 2. The molecular weight excluding hydrogens is 421 g/mol. The van der Waals surface area contributed by atoms with Crippen LogP contribution in [-0.4, -0.2) is 17.6 Å². The molecule has 1 N–H and O–H groups in total. The molecule has 0 aliphatic rings. The second kappa shape index (κ2) is 8.62. The van der Waals surface area contributed by atoms with E-state index in [1.165, 1.54) is 48.2 Å². The smallest absolute Gasteiger partial charge is 0.416 e. The number of hydrogen-bond donors (Lipinski definition) is 1. The van der Waals surface area contributed by atoms with Gasteiger partial charge in [0.25, 0.3) is 11.5 Å². The topological polar surface area (TPSA) is 60.3 Å². The van der Waals surface area contributed by atoms with E-state index in [4.69, 9.17) is 16.3 Å². The van der Waals surface area contributed by atoms with Crippen molar-refractivity contribution in [2.24, 2.45) is 0 Å². The summed E-state index contributed by atoms with van der Waals surface area (Å²) in [4.78, 5) is 25.4. The van der Waals surface area contributed by atoms with Crippen LogP contribution in [0.25, 0.3) is 0 Å². The van der Waals surface area contributed by atoms with Crippen molar-refractivity contribution in [3.63, 3.8) is 0 Å². The van der Waals surface area contributed by atoms with Crippen molar-refractivity contribution in [3.05, 3.63) is 92.9 Å². The van der Waals surface area contributed by atoms with Crippen LogP contribution in [0.15, 0.2) is 65.6 Å². The number of aromatic nitrogens is 1. The van der Waals surface area contributed by atoms with Crippen LogP contribution in [0.2, 0.25) is 5.02 Å². The van der Waals surface area contributed by atoms with Gasteiger partial charge >= 0.3 is 6.18 Å². The molecule has 3 rings (SSSR count). The average Bonchev–Trinajstić information content (AvgIpc) is 2.69. The van der Waals surface area contributed by atoms with E-state index in [9.17, 15) is 22.8 Å². The highest BCUT2D eigenvalue weighted by Crippen LogP contribution is 2.30.